The van der Waals surface area contributed by atoms with Gasteiger partial charge in [-0.05, 0) is 37.6 Å². The second-order valence-corrected chi connectivity index (χ2v) is 7.66. The van der Waals surface area contributed by atoms with Crippen molar-refractivity contribution >= 4 is 23.5 Å². The highest BCUT2D eigenvalue weighted by Crippen LogP contribution is 2.35. The fourth-order valence-corrected chi connectivity index (χ4v) is 3.80. The van der Waals surface area contributed by atoms with Crippen LogP contribution in [0.3, 0.4) is 0 Å². The third-order valence-corrected chi connectivity index (χ3v) is 5.38. The second kappa shape index (κ2) is 10.7. The lowest BCUT2D eigenvalue weighted by atomic mass is 9.93. The molecule has 2 amide bonds. The van der Waals surface area contributed by atoms with Crippen molar-refractivity contribution in [2.75, 3.05) is 19.6 Å². The smallest absolute Gasteiger partial charge is 0.335 e. The van der Waals surface area contributed by atoms with E-state index in [1.165, 1.54) is 54.3 Å². The SMILES string of the molecule is CC1=C(C(=O)O)C(c2cccc([N+](=O)[O-])c2)N(CCCNCC(=O)c2ccccc2F)C(=O)N1. The molecule has 0 aromatic heterocycles. The molecule has 2 aromatic carbocycles. The van der Waals surface area contributed by atoms with Gasteiger partial charge in [0, 0.05) is 24.4 Å². The van der Waals surface area contributed by atoms with Gasteiger partial charge in [-0.25, -0.2) is 14.0 Å². The summed E-state index contributed by atoms with van der Waals surface area (Å²) in [6.45, 7) is 1.74. The van der Waals surface area contributed by atoms with E-state index in [1.54, 1.807) is 6.07 Å². The molecule has 0 saturated carbocycles. The number of nitro groups is 1. The zero-order chi connectivity index (χ0) is 24.8. The molecular weight excluding hydrogens is 447 g/mol. The number of halogens is 1. The van der Waals surface area contributed by atoms with Gasteiger partial charge in [0.2, 0.25) is 0 Å². The molecule has 0 aliphatic carbocycles. The maximum atomic E-state index is 13.7. The highest BCUT2D eigenvalue weighted by atomic mass is 19.1. The summed E-state index contributed by atoms with van der Waals surface area (Å²) in [5, 5.41) is 26.4. The van der Waals surface area contributed by atoms with Crippen LogP contribution in [0, 0.1) is 15.9 Å². The molecular formula is C23H23FN4O6. The number of non-ortho nitro benzene ring substituents is 1. The zero-order valence-corrected chi connectivity index (χ0v) is 18.3. The summed E-state index contributed by atoms with van der Waals surface area (Å²) >= 11 is 0. The number of carbonyl (C=O) groups excluding carboxylic acids is 2. The fraction of sp³-hybridized carbons (Fsp3) is 0.261. The van der Waals surface area contributed by atoms with Crippen molar-refractivity contribution in [2.24, 2.45) is 0 Å². The Kier molecular flexibility index (Phi) is 7.69. The number of carboxylic acids is 1. The number of allylic oxidation sites excluding steroid dienone is 1. The number of nitrogens with zero attached hydrogens (tertiary/aromatic N) is 2. The third-order valence-electron chi connectivity index (χ3n) is 5.38. The summed E-state index contributed by atoms with van der Waals surface area (Å²) in [5.74, 6) is -2.29. The zero-order valence-electron chi connectivity index (χ0n) is 18.3. The van der Waals surface area contributed by atoms with E-state index in [9.17, 15) is 34.0 Å². The average molecular weight is 470 g/mol. The first kappa shape index (κ1) is 24.5. The van der Waals surface area contributed by atoms with E-state index >= 15 is 0 Å². The van der Waals surface area contributed by atoms with Crippen LogP contribution in [-0.4, -0.2) is 52.3 Å². The number of carbonyl (C=O) groups is 3. The molecule has 178 valence electrons. The molecule has 3 rings (SSSR count). The van der Waals surface area contributed by atoms with Crippen LogP contribution in [0.4, 0.5) is 14.9 Å². The highest BCUT2D eigenvalue weighted by molar-refractivity contribution is 5.97. The van der Waals surface area contributed by atoms with Gasteiger partial charge in [0.05, 0.1) is 28.6 Å². The number of rotatable bonds is 10. The Labute approximate surface area is 194 Å². The minimum atomic E-state index is -1.26. The number of Topliss-reactive ketones (excluding diaryl/α,β-unsaturated/α-hetero) is 1. The largest absolute Gasteiger partial charge is 0.478 e. The Morgan fingerprint density at radius 3 is 2.65 bits per heavy atom. The number of hydrogen-bond acceptors (Lipinski definition) is 6. The van der Waals surface area contributed by atoms with E-state index in [4.69, 9.17) is 0 Å². The van der Waals surface area contributed by atoms with Crippen LogP contribution < -0.4 is 10.6 Å². The number of hydrogen-bond donors (Lipinski definition) is 3. The summed E-state index contributed by atoms with van der Waals surface area (Å²) in [5.41, 5.74) is 0.104. The predicted octanol–water partition coefficient (Wildman–Crippen LogP) is 3.02. The number of carboxylic acid groups (broad SMARTS) is 1. The lowest BCUT2D eigenvalue weighted by Crippen LogP contribution is -2.49. The highest BCUT2D eigenvalue weighted by Gasteiger charge is 2.38. The average Bonchev–Trinajstić information content (AvgIpc) is 2.79. The Bertz CT molecular complexity index is 1170. The maximum Gasteiger partial charge on any atom is 0.335 e. The van der Waals surface area contributed by atoms with Crippen LogP contribution in [-0.2, 0) is 4.79 Å². The summed E-state index contributed by atoms with van der Waals surface area (Å²) in [7, 11) is 0. The van der Waals surface area contributed by atoms with Crippen molar-refractivity contribution < 1.29 is 28.8 Å². The topological polar surface area (TPSA) is 142 Å². The van der Waals surface area contributed by atoms with Gasteiger partial charge in [0.25, 0.3) is 5.69 Å². The quantitative estimate of drug-likeness (QED) is 0.210. The van der Waals surface area contributed by atoms with Crippen molar-refractivity contribution in [1.29, 1.82) is 0 Å². The van der Waals surface area contributed by atoms with E-state index in [-0.39, 0.29) is 42.2 Å². The summed E-state index contributed by atoms with van der Waals surface area (Å²) in [4.78, 5) is 48.8. The monoisotopic (exact) mass is 470 g/mol. The number of nitro benzene ring substituents is 1. The first-order chi connectivity index (χ1) is 16.2. The summed E-state index contributed by atoms with van der Waals surface area (Å²) < 4.78 is 13.7. The number of benzene rings is 2. The first-order valence-corrected chi connectivity index (χ1v) is 10.4. The van der Waals surface area contributed by atoms with Crippen LogP contribution in [0.5, 0.6) is 0 Å². The van der Waals surface area contributed by atoms with Gasteiger partial charge in [-0.1, -0.05) is 24.3 Å². The normalized spacial score (nSPS) is 15.8. The van der Waals surface area contributed by atoms with Crippen molar-refractivity contribution in [3.8, 4) is 0 Å². The molecule has 1 aliphatic rings. The molecule has 1 atom stereocenters. The van der Waals surface area contributed by atoms with Crippen LogP contribution in [0.2, 0.25) is 0 Å². The van der Waals surface area contributed by atoms with E-state index in [2.05, 4.69) is 10.6 Å². The Hall–Kier alpha value is -4.12. The van der Waals surface area contributed by atoms with Crippen molar-refractivity contribution in [2.45, 2.75) is 19.4 Å². The minimum Gasteiger partial charge on any atom is -0.478 e. The Balaban J connectivity index is 1.72. The number of amides is 2. The van der Waals surface area contributed by atoms with Gasteiger partial charge in [-0.3, -0.25) is 14.9 Å². The molecule has 0 bridgehead atoms. The van der Waals surface area contributed by atoms with E-state index < -0.39 is 34.6 Å². The fourth-order valence-electron chi connectivity index (χ4n) is 3.80. The Morgan fingerprint density at radius 2 is 1.97 bits per heavy atom. The molecule has 0 spiro atoms. The summed E-state index contributed by atoms with van der Waals surface area (Å²) in [6.07, 6.45) is 0.343. The van der Waals surface area contributed by atoms with Crippen LogP contribution >= 0.6 is 0 Å². The van der Waals surface area contributed by atoms with Gasteiger partial charge < -0.3 is 20.6 Å². The van der Waals surface area contributed by atoms with E-state index in [1.807, 2.05) is 0 Å². The molecule has 0 fully saturated rings. The molecule has 34 heavy (non-hydrogen) atoms. The number of ketones is 1. The number of urea groups is 1. The molecule has 10 nitrogen and oxygen atoms in total. The molecule has 0 radical (unpaired) electrons. The van der Waals surface area contributed by atoms with Crippen LogP contribution in [0.15, 0.2) is 59.8 Å². The van der Waals surface area contributed by atoms with Crippen molar-refractivity contribution in [3.63, 3.8) is 0 Å². The first-order valence-electron chi connectivity index (χ1n) is 10.4. The van der Waals surface area contributed by atoms with Crippen LogP contribution in [0.1, 0.15) is 35.3 Å². The lowest BCUT2D eigenvalue weighted by Gasteiger charge is -2.37. The Morgan fingerprint density at radius 1 is 1.24 bits per heavy atom. The van der Waals surface area contributed by atoms with Gasteiger partial charge in [-0.15, -0.1) is 0 Å². The lowest BCUT2D eigenvalue weighted by molar-refractivity contribution is -0.384. The van der Waals surface area contributed by atoms with E-state index in [0.29, 0.717) is 12.0 Å². The third kappa shape index (κ3) is 5.44. The van der Waals surface area contributed by atoms with Crippen molar-refractivity contribution in [3.05, 3.63) is 86.9 Å². The van der Waals surface area contributed by atoms with Crippen LogP contribution in [0.25, 0.3) is 0 Å². The molecule has 0 saturated heterocycles. The van der Waals surface area contributed by atoms with Gasteiger partial charge >= 0.3 is 12.0 Å². The molecule has 11 heteroatoms. The van der Waals surface area contributed by atoms with Gasteiger partial charge in [0.1, 0.15) is 5.82 Å². The molecule has 1 aliphatic heterocycles. The molecule has 3 N–H and O–H groups in total. The minimum absolute atomic E-state index is 0.0251. The van der Waals surface area contributed by atoms with Crippen molar-refractivity contribution in [1.82, 2.24) is 15.5 Å². The molecule has 1 unspecified atom stereocenters. The number of nitrogens with one attached hydrogen (secondary N) is 2. The maximum absolute atomic E-state index is 13.7. The van der Waals surface area contributed by atoms with Gasteiger partial charge in [0.15, 0.2) is 5.78 Å². The van der Waals surface area contributed by atoms with Gasteiger partial charge in [-0.2, -0.15) is 0 Å². The second-order valence-electron chi connectivity index (χ2n) is 7.66. The van der Waals surface area contributed by atoms with E-state index in [0.717, 1.165) is 0 Å². The summed E-state index contributed by atoms with van der Waals surface area (Å²) in [6, 6.07) is 9.56. The number of aliphatic carboxylic acids is 1. The standard InChI is InChI=1S/C23H23FN4O6/c1-14-20(22(30)31)21(15-6-4-7-16(12-15)28(33)34)27(23(32)26-14)11-5-10-25-13-19(29)17-8-2-3-9-18(17)24/h2-4,6-9,12,21,25H,5,10-11,13H2,1H3,(H,26,32)(H,30,31). The predicted molar refractivity (Wildman–Crippen MR) is 120 cm³/mol. The molecule has 2 aromatic rings. The molecule has 1 heterocycles.